The zero-order valence-electron chi connectivity index (χ0n) is 21.2. The number of benzene rings is 3. The van der Waals surface area contributed by atoms with Gasteiger partial charge in [-0.25, -0.2) is 0 Å². The first-order chi connectivity index (χ1) is 18.4. The summed E-state index contributed by atoms with van der Waals surface area (Å²) in [6.07, 6.45) is 6.11. The molecule has 194 valence electrons. The molecule has 2 amide bonds. The fraction of sp³-hybridized carbons (Fsp3) is 0.226. The SMILES string of the molecule is C[C@H](/C=C/CCO)[C@@]1(O)C(=O)N(Cc2cccc(NC(=O)Cc3c[nH]c4ccccc34)c2)c2ccccc21. The van der Waals surface area contributed by atoms with Gasteiger partial charge in [0.15, 0.2) is 5.60 Å². The number of H-pyrrole nitrogens is 1. The molecule has 0 fully saturated rings. The van der Waals surface area contributed by atoms with Gasteiger partial charge in [0.25, 0.3) is 5.91 Å². The standard InChI is InChI=1S/C31H31N3O4/c1-21(9-6-7-16-35)31(38)26-13-3-5-15-28(26)34(30(31)37)20-22-10-8-11-24(17-22)33-29(36)18-23-19-32-27-14-4-2-12-25(23)27/h2-6,8-15,17,19,21,32,35,38H,7,16,18,20H2,1H3,(H,33,36)/b9-6+/t21-,31+/m1/s1. The highest BCUT2D eigenvalue weighted by molar-refractivity contribution is 6.07. The van der Waals surface area contributed by atoms with E-state index in [0.717, 1.165) is 22.0 Å². The van der Waals surface area contributed by atoms with Crippen LogP contribution in [0.3, 0.4) is 0 Å². The number of aromatic amines is 1. The van der Waals surface area contributed by atoms with Crippen molar-refractivity contribution in [2.75, 3.05) is 16.8 Å². The number of aliphatic hydroxyl groups is 2. The predicted octanol–water partition coefficient (Wildman–Crippen LogP) is 4.66. The molecule has 0 unspecified atom stereocenters. The second-order valence-electron chi connectivity index (χ2n) is 9.69. The van der Waals surface area contributed by atoms with E-state index >= 15 is 0 Å². The molecule has 4 aromatic rings. The molecule has 38 heavy (non-hydrogen) atoms. The van der Waals surface area contributed by atoms with E-state index in [1.54, 1.807) is 30.0 Å². The van der Waals surface area contributed by atoms with Gasteiger partial charge in [-0.1, -0.05) is 67.6 Å². The van der Waals surface area contributed by atoms with Crippen LogP contribution in [0.25, 0.3) is 10.9 Å². The molecular formula is C31H31N3O4. The van der Waals surface area contributed by atoms with E-state index < -0.39 is 17.4 Å². The van der Waals surface area contributed by atoms with E-state index in [2.05, 4.69) is 10.3 Å². The Hall–Kier alpha value is -4.20. The van der Waals surface area contributed by atoms with Crippen LogP contribution in [0.5, 0.6) is 0 Å². The summed E-state index contributed by atoms with van der Waals surface area (Å²) in [5.74, 6) is -1.01. The van der Waals surface area contributed by atoms with Crippen molar-refractivity contribution in [1.29, 1.82) is 0 Å². The molecule has 1 aliphatic rings. The summed E-state index contributed by atoms with van der Waals surface area (Å²) in [6.45, 7) is 2.06. The summed E-state index contributed by atoms with van der Waals surface area (Å²) in [6, 6.07) is 22.6. The van der Waals surface area contributed by atoms with Gasteiger partial charge in [0.2, 0.25) is 5.91 Å². The molecule has 4 N–H and O–H groups in total. The Kier molecular flexibility index (Phi) is 7.13. The second kappa shape index (κ2) is 10.7. The maximum Gasteiger partial charge on any atom is 0.264 e. The van der Waals surface area contributed by atoms with Crippen LogP contribution in [-0.4, -0.2) is 33.6 Å². The van der Waals surface area contributed by atoms with Crippen molar-refractivity contribution in [2.24, 2.45) is 5.92 Å². The summed E-state index contributed by atoms with van der Waals surface area (Å²) in [5, 5.41) is 24.7. The van der Waals surface area contributed by atoms with Crippen molar-refractivity contribution < 1.29 is 19.8 Å². The number of nitrogens with one attached hydrogen (secondary N) is 2. The number of hydrogen-bond acceptors (Lipinski definition) is 4. The van der Waals surface area contributed by atoms with Gasteiger partial charge in [-0.05, 0) is 41.8 Å². The average Bonchev–Trinajstić information content (AvgIpc) is 3.42. The quantitative estimate of drug-likeness (QED) is 0.246. The lowest BCUT2D eigenvalue weighted by Crippen LogP contribution is -2.44. The number of anilines is 2. The van der Waals surface area contributed by atoms with Crippen LogP contribution in [0, 0.1) is 5.92 Å². The molecular weight excluding hydrogens is 478 g/mol. The van der Waals surface area contributed by atoms with Crippen LogP contribution in [-0.2, 0) is 28.2 Å². The first-order valence-corrected chi connectivity index (χ1v) is 12.8. The van der Waals surface area contributed by atoms with Crippen molar-refractivity contribution in [2.45, 2.75) is 31.9 Å². The largest absolute Gasteiger partial charge is 0.396 e. The molecule has 2 atom stereocenters. The van der Waals surface area contributed by atoms with Crippen LogP contribution in [0.15, 0.2) is 91.1 Å². The number of hydrogen-bond donors (Lipinski definition) is 4. The van der Waals surface area contributed by atoms with Crippen molar-refractivity contribution in [3.8, 4) is 0 Å². The number of amides is 2. The molecule has 1 aliphatic heterocycles. The van der Waals surface area contributed by atoms with E-state index in [1.807, 2.05) is 72.9 Å². The maximum atomic E-state index is 13.6. The lowest BCUT2D eigenvalue weighted by Gasteiger charge is -2.27. The summed E-state index contributed by atoms with van der Waals surface area (Å²) in [7, 11) is 0. The van der Waals surface area contributed by atoms with Crippen LogP contribution >= 0.6 is 0 Å². The van der Waals surface area contributed by atoms with E-state index in [4.69, 9.17) is 5.11 Å². The van der Waals surface area contributed by atoms with Gasteiger partial charge in [0.05, 0.1) is 18.7 Å². The van der Waals surface area contributed by atoms with Crippen LogP contribution in [0.1, 0.15) is 30.0 Å². The summed E-state index contributed by atoms with van der Waals surface area (Å²) < 4.78 is 0. The fourth-order valence-electron chi connectivity index (χ4n) is 5.16. The number of aromatic nitrogens is 1. The number of nitrogens with zero attached hydrogens (tertiary/aromatic N) is 1. The monoisotopic (exact) mass is 509 g/mol. The molecule has 0 saturated carbocycles. The number of fused-ring (bicyclic) bond motifs is 2. The highest BCUT2D eigenvalue weighted by Crippen LogP contribution is 2.45. The third-order valence-electron chi connectivity index (χ3n) is 7.13. The van der Waals surface area contributed by atoms with Crippen LogP contribution in [0.4, 0.5) is 11.4 Å². The molecule has 5 rings (SSSR count). The minimum atomic E-state index is -1.70. The Balaban J connectivity index is 1.33. The highest BCUT2D eigenvalue weighted by Gasteiger charge is 2.52. The third kappa shape index (κ3) is 4.74. The first kappa shape index (κ1) is 25.4. The number of carbonyl (C=O) groups excluding carboxylic acids is 2. The van der Waals surface area contributed by atoms with Crippen LogP contribution in [0.2, 0.25) is 0 Å². The van der Waals surface area contributed by atoms with Crippen molar-refractivity contribution >= 4 is 34.1 Å². The zero-order valence-corrected chi connectivity index (χ0v) is 21.2. The molecule has 0 bridgehead atoms. The number of aliphatic hydroxyl groups excluding tert-OH is 1. The molecule has 0 radical (unpaired) electrons. The number of rotatable bonds is 9. The summed E-state index contributed by atoms with van der Waals surface area (Å²) >= 11 is 0. The lowest BCUT2D eigenvalue weighted by atomic mass is 9.83. The van der Waals surface area contributed by atoms with Crippen LogP contribution < -0.4 is 10.2 Å². The molecule has 7 heteroatoms. The minimum Gasteiger partial charge on any atom is -0.396 e. The second-order valence-corrected chi connectivity index (χ2v) is 9.69. The Morgan fingerprint density at radius 2 is 1.89 bits per heavy atom. The minimum absolute atomic E-state index is 0.00691. The van der Waals surface area contributed by atoms with E-state index in [9.17, 15) is 14.7 Å². The molecule has 0 spiro atoms. The van der Waals surface area contributed by atoms with Gasteiger partial charge in [-0.15, -0.1) is 0 Å². The molecule has 7 nitrogen and oxygen atoms in total. The topological polar surface area (TPSA) is 106 Å². The van der Waals surface area contributed by atoms with Gasteiger partial charge in [-0.3, -0.25) is 9.59 Å². The van der Waals surface area contributed by atoms with E-state index in [0.29, 0.717) is 23.4 Å². The van der Waals surface area contributed by atoms with Gasteiger partial charge in [-0.2, -0.15) is 0 Å². The normalized spacial score (nSPS) is 17.8. The molecule has 2 heterocycles. The molecule has 0 aliphatic carbocycles. The first-order valence-electron chi connectivity index (χ1n) is 12.8. The van der Waals surface area contributed by atoms with Crippen molar-refractivity contribution in [1.82, 2.24) is 4.98 Å². The van der Waals surface area contributed by atoms with E-state index in [1.165, 1.54) is 0 Å². The van der Waals surface area contributed by atoms with Crippen molar-refractivity contribution in [3.05, 3.63) is 108 Å². The maximum absolute atomic E-state index is 13.6. The Morgan fingerprint density at radius 1 is 1.11 bits per heavy atom. The van der Waals surface area contributed by atoms with E-state index in [-0.39, 0.29) is 25.5 Å². The van der Waals surface area contributed by atoms with Gasteiger partial charge in [0.1, 0.15) is 0 Å². The zero-order chi connectivity index (χ0) is 26.7. The van der Waals surface area contributed by atoms with Gasteiger partial charge < -0.3 is 25.4 Å². The number of carbonyl (C=O) groups is 2. The lowest BCUT2D eigenvalue weighted by molar-refractivity contribution is -0.139. The Labute approximate surface area is 221 Å². The Bertz CT molecular complexity index is 1510. The number of para-hydroxylation sites is 2. The molecule has 1 aromatic heterocycles. The van der Waals surface area contributed by atoms with Crippen molar-refractivity contribution in [3.63, 3.8) is 0 Å². The summed E-state index contributed by atoms with van der Waals surface area (Å²) in [5.41, 5.74) is 2.91. The van der Waals surface area contributed by atoms with Gasteiger partial charge >= 0.3 is 0 Å². The smallest absolute Gasteiger partial charge is 0.264 e. The molecule has 0 saturated heterocycles. The highest BCUT2D eigenvalue weighted by atomic mass is 16.3. The Morgan fingerprint density at radius 3 is 2.74 bits per heavy atom. The third-order valence-corrected chi connectivity index (χ3v) is 7.13. The fourth-order valence-corrected chi connectivity index (χ4v) is 5.16. The molecule has 3 aromatic carbocycles. The predicted molar refractivity (Wildman–Crippen MR) is 149 cm³/mol. The van der Waals surface area contributed by atoms with Gasteiger partial charge in [0, 0.05) is 40.9 Å². The summed E-state index contributed by atoms with van der Waals surface area (Å²) in [4.78, 5) is 31.2. The average molecular weight is 510 g/mol.